The lowest BCUT2D eigenvalue weighted by Gasteiger charge is -2.29. The summed E-state index contributed by atoms with van der Waals surface area (Å²) < 4.78 is 22.7. The monoisotopic (exact) mass is 270 g/mol. The van der Waals surface area contributed by atoms with Gasteiger partial charge < -0.3 is 16.0 Å². The van der Waals surface area contributed by atoms with Crippen molar-refractivity contribution in [3.8, 4) is 0 Å². The Morgan fingerprint density at radius 3 is 2.67 bits per heavy atom. The summed E-state index contributed by atoms with van der Waals surface area (Å²) in [5, 5.41) is 7.76. The molecule has 8 heteroatoms. The first-order valence-corrected chi connectivity index (χ1v) is 6.87. The van der Waals surface area contributed by atoms with Crippen molar-refractivity contribution in [2.24, 2.45) is 5.14 Å². The van der Waals surface area contributed by atoms with E-state index in [0.29, 0.717) is 18.8 Å². The van der Waals surface area contributed by atoms with Gasteiger partial charge in [-0.25, -0.2) is 13.6 Å². The van der Waals surface area contributed by atoms with Crippen molar-refractivity contribution in [3.63, 3.8) is 0 Å². The summed E-state index contributed by atoms with van der Waals surface area (Å²) in [7, 11) is -3.86. The summed E-state index contributed by atoms with van der Waals surface area (Å²) in [6, 6.07) is 4.57. The van der Waals surface area contributed by atoms with Gasteiger partial charge in [-0.2, -0.15) is 0 Å². The average molecular weight is 270 g/mol. The number of hydrogen-bond acceptors (Lipinski definition) is 5. The molecule has 0 atom stereocenters. The number of sulfonamides is 1. The number of carbonyl (C=O) groups is 1. The number of rotatable bonds is 2. The topological polar surface area (TPSA) is 119 Å². The predicted octanol–water partition coefficient (Wildman–Crippen LogP) is -1.15. The van der Waals surface area contributed by atoms with Gasteiger partial charge in [0, 0.05) is 13.1 Å². The third-order valence-electron chi connectivity index (χ3n) is 2.73. The molecule has 0 spiro atoms. The van der Waals surface area contributed by atoms with Gasteiger partial charge >= 0.3 is 0 Å². The van der Waals surface area contributed by atoms with Crippen molar-refractivity contribution in [2.45, 2.75) is 4.90 Å². The molecule has 0 aliphatic carbocycles. The number of anilines is 2. The minimum absolute atomic E-state index is 0.0784. The average Bonchev–Trinajstić information content (AvgIpc) is 2.27. The third-order valence-corrected chi connectivity index (χ3v) is 3.70. The van der Waals surface area contributed by atoms with E-state index >= 15 is 0 Å². The summed E-state index contributed by atoms with van der Waals surface area (Å²) in [6.45, 7) is 1.22. The molecule has 1 fully saturated rings. The second kappa shape index (κ2) is 4.46. The van der Waals surface area contributed by atoms with E-state index in [2.05, 4.69) is 5.32 Å². The van der Waals surface area contributed by atoms with Gasteiger partial charge in [0.25, 0.3) is 0 Å². The van der Waals surface area contributed by atoms with Gasteiger partial charge in [0.2, 0.25) is 15.9 Å². The fourth-order valence-corrected chi connectivity index (χ4v) is 2.58. The first-order valence-electron chi connectivity index (χ1n) is 5.32. The second-order valence-corrected chi connectivity index (χ2v) is 5.54. The highest BCUT2D eigenvalue weighted by molar-refractivity contribution is 7.89. The molecule has 0 radical (unpaired) electrons. The van der Waals surface area contributed by atoms with E-state index in [9.17, 15) is 13.2 Å². The number of nitrogens with two attached hydrogens (primary N) is 2. The van der Waals surface area contributed by atoms with Crippen LogP contribution in [0.15, 0.2) is 23.1 Å². The molecule has 1 aliphatic rings. The van der Waals surface area contributed by atoms with Gasteiger partial charge in [-0.3, -0.25) is 4.79 Å². The molecule has 1 aliphatic heterocycles. The highest BCUT2D eigenvalue weighted by Gasteiger charge is 2.21. The lowest BCUT2D eigenvalue weighted by atomic mass is 10.2. The number of nitrogen functional groups attached to an aromatic ring is 1. The van der Waals surface area contributed by atoms with E-state index in [4.69, 9.17) is 10.9 Å². The maximum absolute atomic E-state index is 11.4. The Bertz CT molecular complexity index is 585. The van der Waals surface area contributed by atoms with Crippen LogP contribution in [0.3, 0.4) is 0 Å². The van der Waals surface area contributed by atoms with Gasteiger partial charge in [0.05, 0.1) is 17.9 Å². The van der Waals surface area contributed by atoms with Crippen LogP contribution in [0.5, 0.6) is 0 Å². The second-order valence-electron chi connectivity index (χ2n) is 4.01. The zero-order chi connectivity index (χ0) is 13.3. The smallest absolute Gasteiger partial charge is 0.240 e. The van der Waals surface area contributed by atoms with Crippen molar-refractivity contribution in [2.75, 3.05) is 30.3 Å². The van der Waals surface area contributed by atoms with Crippen LogP contribution >= 0.6 is 0 Å². The maximum atomic E-state index is 11.4. The SMILES string of the molecule is Nc1c(N2CCNC(=O)C2)cccc1S(N)(=O)=O. The molecular formula is C10H14N4O3S. The van der Waals surface area contributed by atoms with Crippen LogP contribution in [-0.4, -0.2) is 34.0 Å². The van der Waals surface area contributed by atoms with E-state index in [0.717, 1.165) is 0 Å². The molecule has 5 N–H and O–H groups in total. The number of nitrogens with zero attached hydrogens (tertiary/aromatic N) is 1. The van der Waals surface area contributed by atoms with E-state index < -0.39 is 10.0 Å². The number of piperazine rings is 1. The van der Waals surface area contributed by atoms with Crippen molar-refractivity contribution in [3.05, 3.63) is 18.2 Å². The Labute approximate surface area is 105 Å². The quantitative estimate of drug-likeness (QED) is 0.586. The van der Waals surface area contributed by atoms with Gasteiger partial charge in [-0.05, 0) is 12.1 Å². The Hall–Kier alpha value is -1.80. The van der Waals surface area contributed by atoms with Gasteiger partial charge in [-0.15, -0.1) is 0 Å². The van der Waals surface area contributed by atoms with E-state index in [1.54, 1.807) is 17.0 Å². The number of para-hydroxylation sites is 1. The third kappa shape index (κ3) is 2.39. The maximum Gasteiger partial charge on any atom is 0.240 e. The molecule has 98 valence electrons. The standard InChI is InChI=1S/C10H14N4O3S/c11-10-7(14-5-4-13-9(15)6-14)2-1-3-8(10)18(12,16)17/h1-3H,4-6,11H2,(H,13,15)(H2,12,16,17). The molecule has 1 amide bonds. The predicted molar refractivity (Wildman–Crippen MR) is 67.5 cm³/mol. The molecule has 2 rings (SSSR count). The number of hydrogen-bond donors (Lipinski definition) is 3. The molecule has 18 heavy (non-hydrogen) atoms. The number of nitrogens with one attached hydrogen (secondary N) is 1. The van der Waals surface area contributed by atoms with Crippen molar-refractivity contribution in [1.29, 1.82) is 0 Å². The fraction of sp³-hybridized carbons (Fsp3) is 0.300. The largest absolute Gasteiger partial charge is 0.396 e. The fourth-order valence-electron chi connectivity index (χ4n) is 1.90. The number of benzene rings is 1. The Morgan fingerprint density at radius 1 is 1.33 bits per heavy atom. The number of amides is 1. The molecule has 0 aromatic heterocycles. The molecule has 7 nitrogen and oxygen atoms in total. The van der Waals surface area contributed by atoms with Crippen molar-refractivity contribution < 1.29 is 13.2 Å². The normalized spacial score (nSPS) is 16.5. The molecule has 1 heterocycles. The Morgan fingerprint density at radius 2 is 2.06 bits per heavy atom. The van der Waals surface area contributed by atoms with Crippen LogP contribution in [0.4, 0.5) is 11.4 Å². The van der Waals surface area contributed by atoms with E-state index in [1.807, 2.05) is 0 Å². The first kappa shape index (κ1) is 12.7. The summed E-state index contributed by atoms with van der Waals surface area (Å²) >= 11 is 0. The summed E-state index contributed by atoms with van der Waals surface area (Å²) in [4.78, 5) is 12.9. The summed E-state index contributed by atoms with van der Waals surface area (Å²) in [6.07, 6.45) is 0. The van der Waals surface area contributed by atoms with Crippen LogP contribution in [0.2, 0.25) is 0 Å². The highest BCUT2D eigenvalue weighted by Crippen LogP contribution is 2.29. The summed E-state index contributed by atoms with van der Waals surface area (Å²) in [5.74, 6) is -0.123. The molecule has 1 saturated heterocycles. The van der Waals surface area contributed by atoms with Crippen LogP contribution in [0, 0.1) is 0 Å². The van der Waals surface area contributed by atoms with Gasteiger partial charge in [0.1, 0.15) is 4.90 Å². The van der Waals surface area contributed by atoms with Crippen molar-refractivity contribution >= 4 is 27.3 Å². The van der Waals surface area contributed by atoms with Crippen molar-refractivity contribution in [1.82, 2.24) is 5.32 Å². The molecule has 0 bridgehead atoms. The minimum Gasteiger partial charge on any atom is -0.396 e. The zero-order valence-electron chi connectivity index (χ0n) is 9.59. The Kier molecular flexibility index (Phi) is 3.14. The minimum atomic E-state index is -3.86. The number of carbonyl (C=O) groups excluding carboxylic acids is 1. The lowest BCUT2D eigenvalue weighted by Crippen LogP contribution is -2.48. The molecular weight excluding hydrogens is 256 g/mol. The highest BCUT2D eigenvalue weighted by atomic mass is 32.2. The molecule has 1 aromatic rings. The zero-order valence-corrected chi connectivity index (χ0v) is 10.4. The number of primary sulfonamides is 1. The van der Waals surface area contributed by atoms with E-state index in [-0.39, 0.29) is 23.0 Å². The lowest BCUT2D eigenvalue weighted by molar-refractivity contribution is -0.120. The van der Waals surface area contributed by atoms with Crippen LogP contribution in [0.1, 0.15) is 0 Å². The first-order chi connectivity index (χ1) is 8.39. The summed E-state index contributed by atoms with van der Waals surface area (Å²) in [5.41, 5.74) is 6.40. The van der Waals surface area contributed by atoms with Crippen LogP contribution < -0.4 is 21.1 Å². The van der Waals surface area contributed by atoms with Crippen LogP contribution in [-0.2, 0) is 14.8 Å². The molecule has 0 unspecified atom stereocenters. The molecule has 0 saturated carbocycles. The Balaban J connectivity index is 2.43. The molecule has 1 aromatic carbocycles. The van der Waals surface area contributed by atoms with E-state index in [1.165, 1.54) is 6.07 Å². The van der Waals surface area contributed by atoms with Gasteiger partial charge in [-0.1, -0.05) is 6.07 Å². The van der Waals surface area contributed by atoms with Crippen LogP contribution in [0.25, 0.3) is 0 Å². The van der Waals surface area contributed by atoms with Gasteiger partial charge in [0.15, 0.2) is 0 Å².